The lowest BCUT2D eigenvalue weighted by Gasteiger charge is -2.34. The zero-order valence-corrected chi connectivity index (χ0v) is 19.2. The smallest absolute Gasteiger partial charge is 0.253 e. The van der Waals surface area contributed by atoms with Crippen LogP contribution in [0.4, 0.5) is 11.6 Å². The average Bonchev–Trinajstić information content (AvgIpc) is 3.40. The van der Waals surface area contributed by atoms with Gasteiger partial charge in [-0.05, 0) is 30.3 Å². The zero-order chi connectivity index (χ0) is 24.2. The van der Waals surface area contributed by atoms with Crippen LogP contribution in [-0.2, 0) is 4.79 Å². The van der Waals surface area contributed by atoms with Gasteiger partial charge in [-0.15, -0.1) is 0 Å². The number of hydrogen-bond donors (Lipinski definition) is 1. The average molecular weight is 469 g/mol. The Morgan fingerprint density at radius 2 is 1.60 bits per heavy atom. The molecule has 1 aliphatic heterocycles. The van der Waals surface area contributed by atoms with Crippen molar-refractivity contribution in [1.29, 1.82) is 0 Å². The molecular weight excluding hydrogens is 444 g/mol. The van der Waals surface area contributed by atoms with E-state index >= 15 is 0 Å². The molecule has 2 aromatic carbocycles. The predicted octanol–water partition coefficient (Wildman–Crippen LogP) is 3.85. The van der Waals surface area contributed by atoms with E-state index < -0.39 is 0 Å². The Bertz CT molecular complexity index is 1330. The van der Waals surface area contributed by atoms with Crippen molar-refractivity contribution in [1.82, 2.24) is 24.9 Å². The van der Waals surface area contributed by atoms with Gasteiger partial charge in [-0.25, -0.2) is 9.97 Å². The third kappa shape index (κ3) is 5.03. The molecule has 5 rings (SSSR count). The van der Waals surface area contributed by atoms with E-state index in [1.807, 2.05) is 48.5 Å². The summed E-state index contributed by atoms with van der Waals surface area (Å²) in [4.78, 5) is 36.7. The van der Waals surface area contributed by atoms with E-state index in [1.165, 1.54) is 0 Å². The van der Waals surface area contributed by atoms with Gasteiger partial charge in [0.2, 0.25) is 11.9 Å². The van der Waals surface area contributed by atoms with Crippen molar-refractivity contribution in [2.75, 3.05) is 31.5 Å². The number of nitrogens with one attached hydrogen (secondary N) is 1. The van der Waals surface area contributed by atoms with Crippen LogP contribution in [0.5, 0.6) is 0 Å². The summed E-state index contributed by atoms with van der Waals surface area (Å²) in [5.41, 5.74) is 3.65. The van der Waals surface area contributed by atoms with Gasteiger partial charge >= 0.3 is 0 Å². The van der Waals surface area contributed by atoms with Crippen LogP contribution in [0.15, 0.2) is 77.4 Å². The van der Waals surface area contributed by atoms with Gasteiger partial charge in [0.1, 0.15) is 11.4 Å². The van der Waals surface area contributed by atoms with Crippen molar-refractivity contribution in [2.45, 2.75) is 6.92 Å². The second-order valence-corrected chi connectivity index (χ2v) is 8.21. The topological polar surface area (TPSA) is 104 Å². The third-order valence-corrected chi connectivity index (χ3v) is 5.89. The fourth-order valence-corrected chi connectivity index (χ4v) is 3.93. The first-order valence-electron chi connectivity index (χ1n) is 11.3. The molecule has 4 aromatic rings. The summed E-state index contributed by atoms with van der Waals surface area (Å²) >= 11 is 0. The Hall–Kier alpha value is -4.53. The van der Waals surface area contributed by atoms with Gasteiger partial charge in [0, 0.05) is 62.2 Å². The second kappa shape index (κ2) is 9.76. The first-order valence-corrected chi connectivity index (χ1v) is 11.3. The van der Waals surface area contributed by atoms with Crippen molar-refractivity contribution < 1.29 is 14.1 Å². The minimum absolute atomic E-state index is 0.0405. The molecule has 9 nitrogen and oxygen atoms in total. The molecule has 0 unspecified atom stereocenters. The fourth-order valence-electron chi connectivity index (χ4n) is 3.93. The van der Waals surface area contributed by atoms with Crippen molar-refractivity contribution in [2.24, 2.45) is 0 Å². The molecule has 2 aromatic heterocycles. The highest BCUT2D eigenvalue weighted by Crippen LogP contribution is 2.25. The quantitative estimate of drug-likeness (QED) is 0.474. The SMILES string of the molecule is CC(=O)N1CCN(C(=O)c2ccc(Nc3nccc(-c4cc(-c5ccccc5)no4)n3)cc2)CC1. The first kappa shape index (κ1) is 22.3. The molecule has 2 amide bonds. The highest BCUT2D eigenvalue weighted by molar-refractivity contribution is 5.94. The molecule has 3 heterocycles. The summed E-state index contributed by atoms with van der Waals surface area (Å²) < 4.78 is 5.50. The van der Waals surface area contributed by atoms with Crippen molar-refractivity contribution in [3.8, 4) is 22.7 Å². The Kier molecular flexibility index (Phi) is 6.21. The Morgan fingerprint density at radius 1 is 0.886 bits per heavy atom. The maximum Gasteiger partial charge on any atom is 0.253 e. The molecule has 176 valence electrons. The maximum absolute atomic E-state index is 12.8. The molecule has 0 spiro atoms. The number of benzene rings is 2. The van der Waals surface area contributed by atoms with E-state index in [0.29, 0.717) is 49.1 Å². The summed E-state index contributed by atoms with van der Waals surface area (Å²) in [6.07, 6.45) is 1.65. The van der Waals surface area contributed by atoms with Crippen LogP contribution in [-0.4, -0.2) is 62.9 Å². The van der Waals surface area contributed by atoms with Gasteiger partial charge in [-0.2, -0.15) is 0 Å². The van der Waals surface area contributed by atoms with Crippen LogP contribution in [0.3, 0.4) is 0 Å². The molecule has 1 aliphatic rings. The molecule has 1 fully saturated rings. The lowest BCUT2D eigenvalue weighted by Crippen LogP contribution is -2.50. The number of anilines is 2. The van der Waals surface area contributed by atoms with Gasteiger partial charge in [0.25, 0.3) is 5.91 Å². The second-order valence-electron chi connectivity index (χ2n) is 8.21. The number of nitrogens with zero attached hydrogens (tertiary/aromatic N) is 5. The van der Waals surface area contributed by atoms with Crippen LogP contribution in [0.2, 0.25) is 0 Å². The number of rotatable bonds is 5. The molecular formula is C26H24N6O3. The zero-order valence-electron chi connectivity index (χ0n) is 19.2. The molecule has 0 saturated carbocycles. The number of amides is 2. The van der Waals surface area contributed by atoms with E-state index in [0.717, 1.165) is 16.9 Å². The summed E-state index contributed by atoms with van der Waals surface area (Å²) in [7, 11) is 0. The molecule has 0 atom stereocenters. The van der Waals surface area contributed by atoms with Crippen LogP contribution >= 0.6 is 0 Å². The molecule has 0 aliphatic carbocycles. The molecule has 0 bridgehead atoms. The van der Waals surface area contributed by atoms with E-state index in [-0.39, 0.29) is 11.8 Å². The summed E-state index contributed by atoms with van der Waals surface area (Å²) in [6.45, 7) is 3.74. The van der Waals surface area contributed by atoms with Crippen molar-refractivity contribution in [3.05, 3.63) is 78.5 Å². The highest BCUT2D eigenvalue weighted by atomic mass is 16.5. The fraction of sp³-hybridized carbons (Fsp3) is 0.192. The van der Waals surface area contributed by atoms with E-state index in [4.69, 9.17) is 4.52 Å². The minimum atomic E-state index is -0.0439. The number of aromatic nitrogens is 3. The third-order valence-electron chi connectivity index (χ3n) is 5.89. The summed E-state index contributed by atoms with van der Waals surface area (Å²) in [6, 6.07) is 20.6. The molecule has 0 radical (unpaired) electrons. The summed E-state index contributed by atoms with van der Waals surface area (Å²) in [5.74, 6) is 0.941. The van der Waals surface area contributed by atoms with Crippen LogP contribution in [0.1, 0.15) is 17.3 Å². The van der Waals surface area contributed by atoms with Gasteiger partial charge in [-0.1, -0.05) is 35.5 Å². The lowest BCUT2D eigenvalue weighted by molar-refractivity contribution is -0.130. The highest BCUT2D eigenvalue weighted by Gasteiger charge is 2.23. The Morgan fingerprint density at radius 3 is 2.31 bits per heavy atom. The number of carbonyl (C=O) groups is 2. The maximum atomic E-state index is 12.8. The Labute approximate surface area is 202 Å². The predicted molar refractivity (Wildman–Crippen MR) is 131 cm³/mol. The molecule has 35 heavy (non-hydrogen) atoms. The first-order chi connectivity index (χ1) is 17.1. The van der Waals surface area contributed by atoms with E-state index in [2.05, 4.69) is 20.4 Å². The number of hydrogen-bond acceptors (Lipinski definition) is 7. The Balaban J connectivity index is 1.24. The van der Waals surface area contributed by atoms with Crippen molar-refractivity contribution >= 4 is 23.5 Å². The standard InChI is InChI=1S/C26H24N6O3/c1-18(33)31-13-15-32(16-14-31)25(34)20-7-9-21(10-8-20)28-26-27-12-11-22(29-26)24-17-23(30-35-24)19-5-3-2-4-6-19/h2-12,17H,13-16H2,1H3,(H,27,28,29). The van der Waals surface area contributed by atoms with E-state index in [1.54, 1.807) is 41.1 Å². The van der Waals surface area contributed by atoms with Gasteiger partial charge in [0.05, 0.1) is 0 Å². The van der Waals surface area contributed by atoms with Gasteiger partial charge in [0.15, 0.2) is 5.76 Å². The molecule has 9 heteroatoms. The van der Waals surface area contributed by atoms with Gasteiger partial charge < -0.3 is 19.6 Å². The van der Waals surface area contributed by atoms with Gasteiger partial charge in [-0.3, -0.25) is 9.59 Å². The monoisotopic (exact) mass is 468 g/mol. The summed E-state index contributed by atoms with van der Waals surface area (Å²) in [5, 5.41) is 7.31. The van der Waals surface area contributed by atoms with Crippen LogP contribution in [0.25, 0.3) is 22.7 Å². The van der Waals surface area contributed by atoms with Crippen molar-refractivity contribution in [3.63, 3.8) is 0 Å². The normalized spacial score (nSPS) is 13.5. The molecule has 1 N–H and O–H groups in total. The number of carbonyl (C=O) groups excluding carboxylic acids is 2. The lowest BCUT2D eigenvalue weighted by atomic mass is 10.1. The van der Waals surface area contributed by atoms with E-state index in [9.17, 15) is 9.59 Å². The minimum Gasteiger partial charge on any atom is -0.354 e. The largest absolute Gasteiger partial charge is 0.354 e. The van der Waals surface area contributed by atoms with Crippen LogP contribution in [0, 0.1) is 0 Å². The molecule has 1 saturated heterocycles. The van der Waals surface area contributed by atoms with Crippen LogP contribution < -0.4 is 5.32 Å². The number of piperazine rings is 1.